The van der Waals surface area contributed by atoms with Gasteiger partial charge < -0.3 is 15.6 Å². The Morgan fingerprint density at radius 3 is 3.00 bits per heavy atom. The van der Waals surface area contributed by atoms with Crippen molar-refractivity contribution in [2.75, 3.05) is 6.54 Å². The van der Waals surface area contributed by atoms with E-state index in [1.807, 2.05) is 24.7 Å². The number of imidazole rings is 1. The van der Waals surface area contributed by atoms with Crippen molar-refractivity contribution in [3.8, 4) is 0 Å². The number of carbonyl (C=O) groups excluding carboxylic acids is 1. The van der Waals surface area contributed by atoms with E-state index >= 15 is 0 Å². The van der Waals surface area contributed by atoms with E-state index in [2.05, 4.69) is 10.3 Å². The van der Waals surface area contributed by atoms with E-state index in [1.54, 1.807) is 6.20 Å². The first-order valence-corrected chi connectivity index (χ1v) is 5.56. The largest absolute Gasteiger partial charge is 0.349 e. The lowest BCUT2D eigenvalue weighted by Gasteiger charge is -2.08. The van der Waals surface area contributed by atoms with E-state index < -0.39 is 0 Å². The van der Waals surface area contributed by atoms with Gasteiger partial charge in [-0.25, -0.2) is 4.98 Å². The Kier molecular flexibility index (Phi) is 4.98. The molecule has 0 saturated carbocycles. The third kappa shape index (κ3) is 4.02. The van der Waals surface area contributed by atoms with E-state index in [0.717, 1.165) is 12.2 Å². The molecular formula is C11H20N4O. The van der Waals surface area contributed by atoms with Crippen molar-refractivity contribution in [1.29, 1.82) is 0 Å². The Bertz CT molecular complexity index is 334. The van der Waals surface area contributed by atoms with Crippen LogP contribution in [0.5, 0.6) is 0 Å². The fourth-order valence-corrected chi connectivity index (χ4v) is 1.33. The van der Waals surface area contributed by atoms with Crippen LogP contribution in [0.25, 0.3) is 0 Å². The number of rotatable bonds is 6. The minimum Gasteiger partial charge on any atom is -0.349 e. The molecule has 1 atom stereocenters. The first-order valence-electron chi connectivity index (χ1n) is 5.56. The molecule has 90 valence electrons. The van der Waals surface area contributed by atoms with Crippen molar-refractivity contribution >= 4 is 5.91 Å². The number of aryl methyl sites for hydroxylation is 1. The molecule has 1 rings (SSSR count). The Labute approximate surface area is 96.0 Å². The molecule has 0 fully saturated rings. The highest BCUT2D eigenvalue weighted by Gasteiger charge is 2.06. The van der Waals surface area contributed by atoms with Gasteiger partial charge in [0, 0.05) is 25.9 Å². The second-order valence-corrected chi connectivity index (χ2v) is 4.11. The van der Waals surface area contributed by atoms with Gasteiger partial charge in [0.15, 0.2) is 0 Å². The van der Waals surface area contributed by atoms with Gasteiger partial charge in [0.2, 0.25) is 5.91 Å². The third-order valence-electron chi connectivity index (χ3n) is 2.63. The number of hydrogen-bond acceptors (Lipinski definition) is 3. The molecule has 5 heteroatoms. The van der Waals surface area contributed by atoms with Gasteiger partial charge in [0.05, 0.1) is 6.54 Å². The Morgan fingerprint density at radius 1 is 1.69 bits per heavy atom. The summed E-state index contributed by atoms with van der Waals surface area (Å²) in [5, 5.41) is 2.84. The number of carbonyl (C=O) groups is 1. The number of nitrogens with two attached hydrogens (primary N) is 1. The average Bonchev–Trinajstić information content (AvgIpc) is 2.69. The van der Waals surface area contributed by atoms with Gasteiger partial charge in [0.25, 0.3) is 0 Å². The predicted molar refractivity (Wildman–Crippen MR) is 62.5 cm³/mol. The van der Waals surface area contributed by atoms with Crippen molar-refractivity contribution in [3.63, 3.8) is 0 Å². The molecule has 1 unspecified atom stereocenters. The van der Waals surface area contributed by atoms with E-state index in [-0.39, 0.29) is 5.91 Å². The standard InChI is InChI=1S/C11H20N4O/c1-9(7-12)3-4-11(16)14-8-10-13-5-6-15(10)2/h5-6,9H,3-4,7-8,12H2,1-2H3,(H,14,16). The quantitative estimate of drug-likeness (QED) is 0.735. The minimum absolute atomic E-state index is 0.0586. The van der Waals surface area contributed by atoms with E-state index in [1.165, 1.54) is 0 Å². The molecule has 5 nitrogen and oxygen atoms in total. The van der Waals surface area contributed by atoms with Gasteiger partial charge in [-0.2, -0.15) is 0 Å². The van der Waals surface area contributed by atoms with Crippen LogP contribution in [0, 0.1) is 5.92 Å². The molecule has 0 aliphatic rings. The minimum atomic E-state index is 0.0586. The van der Waals surface area contributed by atoms with E-state index in [4.69, 9.17) is 5.73 Å². The van der Waals surface area contributed by atoms with Gasteiger partial charge in [-0.3, -0.25) is 4.79 Å². The van der Waals surface area contributed by atoms with Gasteiger partial charge in [-0.15, -0.1) is 0 Å². The summed E-state index contributed by atoms with van der Waals surface area (Å²) < 4.78 is 1.89. The highest BCUT2D eigenvalue weighted by molar-refractivity contribution is 5.75. The molecule has 1 aromatic heterocycles. The van der Waals surface area contributed by atoms with Crippen LogP contribution in [0.4, 0.5) is 0 Å². The summed E-state index contributed by atoms with van der Waals surface area (Å²) in [5.41, 5.74) is 5.48. The summed E-state index contributed by atoms with van der Waals surface area (Å²) in [6, 6.07) is 0. The average molecular weight is 224 g/mol. The molecule has 0 aliphatic carbocycles. The van der Waals surface area contributed by atoms with Gasteiger partial charge in [0.1, 0.15) is 5.82 Å². The molecular weight excluding hydrogens is 204 g/mol. The van der Waals surface area contributed by atoms with E-state index in [9.17, 15) is 4.79 Å². The highest BCUT2D eigenvalue weighted by Crippen LogP contribution is 2.03. The lowest BCUT2D eigenvalue weighted by Crippen LogP contribution is -2.25. The van der Waals surface area contributed by atoms with Gasteiger partial charge in [-0.1, -0.05) is 6.92 Å². The van der Waals surface area contributed by atoms with Crippen molar-refractivity contribution in [1.82, 2.24) is 14.9 Å². The monoisotopic (exact) mass is 224 g/mol. The zero-order valence-electron chi connectivity index (χ0n) is 9.94. The summed E-state index contributed by atoms with van der Waals surface area (Å²) in [6.45, 7) is 3.16. The summed E-state index contributed by atoms with van der Waals surface area (Å²) in [6.07, 6.45) is 4.95. The molecule has 0 aromatic carbocycles. The number of hydrogen-bond donors (Lipinski definition) is 2. The van der Waals surface area contributed by atoms with Crippen LogP contribution in [0.1, 0.15) is 25.6 Å². The maximum Gasteiger partial charge on any atom is 0.220 e. The number of aromatic nitrogens is 2. The van der Waals surface area contributed by atoms with Crippen LogP contribution in [0.2, 0.25) is 0 Å². The predicted octanol–water partition coefficient (Wildman–Crippen LogP) is 0.411. The Balaban J connectivity index is 2.23. The van der Waals surface area contributed by atoms with Crippen LogP contribution in [-0.2, 0) is 18.4 Å². The summed E-state index contributed by atoms with van der Waals surface area (Å²) in [5.74, 6) is 1.32. The molecule has 1 heterocycles. The number of amides is 1. The zero-order valence-corrected chi connectivity index (χ0v) is 9.94. The third-order valence-corrected chi connectivity index (χ3v) is 2.63. The molecule has 3 N–H and O–H groups in total. The summed E-state index contributed by atoms with van der Waals surface area (Å²) in [4.78, 5) is 15.6. The summed E-state index contributed by atoms with van der Waals surface area (Å²) in [7, 11) is 1.91. The number of nitrogens with one attached hydrogen (secondary N) is 1. The molecule has 0 radical (unpaired) electrons. The Morgan fingerprint density at radius 2 is 2.44 bits per heavy atom. The SMILES string of the molecule is CC(CN)CCC(=O)NCc1nccn1C. The fourth-order valence-electron chi connectivity index (χ4n) is 1.33. The first kappa shape index (κ1) is 12.7. The number of nitrogens with zero attached hydrogens (tertiary/aromatic N) is 2. The van der Waals surface area contributed by atoms with E-state index in [0.29, 0.717) is 25.4 Å². The van der Waals surface area contributed by atoms with Crippen LogP contribution >= 0.6 is 0 Å². The second-order valence-electron chi connectivity index (χ2n) is 4.11. The molecule has 16 heavy (non-hydrogen) atoms. The lowest BCUT2D eigenvalue weighted by atomic mass is 10.1. The highest BCUT2D eigenvalue weighted by atomic mass is 16.1. The molecule has 0 spiro atoms. The van der Waals surface area contributed by atoms with Crippen LogP contribution in [0.15, 0.2) is 12.4 Å². The van der Waals surface area contributed by atoms with Crippen molar-refractivity contribution in [2.24, 2.45) is 18.7 Å². The smallest absolute Gasteiger partial charge is 0.220 e. The molecule has 0 aliphatic heterocycles. The zero-order chi connectivity index (χ0) is 12.0. The van der Waals surface area contributed by atoms with Crippen molar-refractivity contribution < 1.29 is 4.79 Å². The molecule has 0 bridgehead atoms. The van der Waals surface area contributed by atoms with Gasteiger partial charge >= 0.3 is 0 Å². The van der Waals surface area contributed by atoms with Crippen molar-refractivity contribution in [3.05, 3.63) is 18.2 Å². The topological polar surface area (TPSA) is 72.9 Å². The first-order chi connectivity index (χ1) is 7.63. The molecule has 1 amide bonds. The Hall–Kier alpha value is -1.36. The van der Waals surface area contributed by atoms with Crippen LogP contribution in [0.3, 0.4) is 0 Å². The fraction of sp³-hybridized carbons (Fsp3) is 0.636. The van der Waals surface area contributed by atoms with Crippen molar-refractivity contribution in [2.45, 2.75) is 26.3 Å². The summed E-state index contributed by atoms with van der Waals surface area (Å²) >= 11 is 0. The normalized spacial score (nSPS) is 12.4. The van der Waals surface area contributed by atoms with Gasteiger partial charge in [-0.05, 0) is 18.9 Å². The van der Waals surface area contributed by atoms with Crippen LogP contribution in [-0.4, -0.2) is 22.0 Å². The maximum atomic E-state index is 11.5. The molecule has 0 saturated heterocycles. The van der Waals surface area contributed by atoms with Crippen LogP contribution < -0.4 is 11.1 Å². The molecule has 1 aromatic rings. The maximum absolute atomic E-state index is 11.5. The second kappa shape index (κ2) is 6.27. The lowest BCUT2D eigenvalue weighted by molar-refractivity contribution is -0.121.